The fourth-order valence-corrected chi connectivity index (χ4v) is 2.86. The number of benzene rings is 1. The van der Waals surface area contributed by atoms with Gasteiger partial charge >= 0.3 is 0 Å². The number of aromatic nitrogens is 1. The summed E-state index contributed by atoms with van der Waals surface area (Å²) in [5, 5.41) is 15.1. The molecule has 0 saturated carbocycles. The van der Waals surface area contributed by atoms with E-state index in [4.69, 9.17) is 9.15 Å². The summed E-state index contributed by atoms with van der Waals surface area (Å²) in [5.74, 6) is -0.139. The molecule has 0 fully saturated rings. The van der Waals surface area contributed by atoms with E-state index in [0.717, 1.165) is 5.56 Å². The van der Waals surface area contributed by atoms with Crippen molar-refractivity contribution in [3.05, 3.63) is 72.1 Å². The van der Waals surface area contributed by atoms with Gasteiger partial charge in [-0.2, -0.15) is 0 Å². The van der Waals surface area contributed by atoms with Crippen LogP contribution < -0.4 is 15.4 Å². The van der Waals surface area contributed by atoms with E-state index in [1.807, 2.05) is 30.3 Å². The number of amides is 2. The third-order valence-electron chi connectivity index (χ3n) is 4.56. The molecular weight excluding hydrogens is 398 g/mol. The number of carbonyl (C=O) groups is 2. The molecule has 0 spiro atoms. The predicted octanol–water partition coefficient (Wildman–Crippen LogP) is 2.54. The molecule has 162 valence electrons. The van der Waals surface area contributed by atoms with E-state index in [2.05, 4.69) is 15.6 Å². The first kappa shape index (κ1) is 22.0. The molecule has 8 heteroatoms. The quantitative estimate of drug-likeness (QED) is 0.513. The van der Waals surface area contributed by atoms with E-state index >= 15 is 0 Å². The van der Waals surface area contributed by atoms with Crippen molar-refractivity contribution in [3.63, 3.8) is 0 Å². The third kappa shape index (κ3) is 5.70. The average molecular weight is 423 g/mol. The van der Waals surface area contributed by atoms with Crippen molar-refractivity contribution in [1.82, 2.24) is 15.6 Å². The van der Waals surface area contributed by atoms with Gasteiger partial charge in [-0.25, -0.2) is 4.98 Å². The van der Waals surface area contributed by atoms with Gasteiger partial charge < -0.3 is 24.9 Å². The van der Waals surface area contributed by atoms with Gasteiger partial charge in [-0.3, -0.25) is 9.59 Å². The fourth-order valence-electron chi connectivity index (χ4n) is 2.86. The van der Waals surface area contributed by atoms with Crippen LogP contribution in [0, 0.1) is 0 Å². The Hall–Kier alpha value is -3.65. The number of nitrogens with zero attached hydrogens (tertiary/aromatic N) is 1. The summed E-state index contributed by atoms with van der Waals surface area (Å²) in [5.41, 5.74) is 0.119. The van der Waals surface area contributed by atoms with E-state index < -0.39 is 23.5 Å². The van der Waals surface area contributed by atoms with Crippen LogP contribution in [0.1, 0.15) is 30.0 Å². The first-order valence-corrected chi connectivity index (χ1v) is 9.76. The van der Waals surface area contributed by atoms with Gasteiger partial charge in [0, 0.05) is 7.05 Å². The molecule has 0 bridgehead atoms. The number of hydrogen-bond donors (Lipinski definition) is 3. The molecule has 0 aliphatic rings. The molecule has 3 N–H and O–H groups in total. The third-order valence-corrected chi connectivity index (χ3v) is 4.56. The highest BCUT2D eigenvalue weighted by Gasteiger charge is 2.35. The number of rotatable bonds is 8. The number of hydrogen-bond acceptors (Lipinski definition) is 6. The molecule has 8 nitrogen and oxygen atoms in total. The number of furan rings is 1. The highest BCUT2D eigenvalue weighted by molar-refractivity contribution is 5.96. The second kappa shape index (κ2) is 9.44. The molecule has 1 unspecified atom stereocenters. The molecule has 31 heavy (non-hydrogen) atoms. The maximum Gasteiger partial charge on any atom is 0.287 e. The number of carbonyl (C=O) groups excluding carboxylic acids is 2. The summed E-state index contributed by atoms with van der Waals surface area (Å²) in [7, 11) is 1.43. The monoisotopic (exact) mass is 423 g/mol. The molecule has 0 radical (unpaired) electrons. The van der Waals surface area contributed by atoms with Gasteiger partial charge in [0.25, 0.3) is 5.91 Å². The minimum Gasteiger partial charge on any atom is -0.487 e. The molecule has 3 rings (SSSR count). The molecule has 3 aromatic rings. The number of nitrogens with one attached hydrogen (secondary N) is 2. The van der Waals surface area contributed by atoms with Crippen LogP contribution in [0.4, 0.5) is 0 Å². The molecule has 0 aliphatic heterocycles. The predicted molar refractivity (Wildman–Crippen MR) is 114 cm³/mol. The lowest BCUT2D eigenvalue weighted by molar-refractivity contribution is -0.127. The van der Waals surface area contributed by atoms with E-state index in [1.54, 1.807) is 24.4 Å². The van der Waals surface area contributed by atoms with Crippen molar-refractivity contribution in [3.8, 4) is 17.2 Å². The van der Waals surface area contributed by atoms with Crippen LogP contribution in [0.25, 0.3) is 11.5 Å². The Balaban J connectivity index is 1.65. The van der Waals surface area contributed by atoms with Crippen LogP contribution in [0.2, 0.25) is 0 Å². The Morgan fingerprint density at radius 1 is 1.13 bits per heavy atom. The van der Waals surface area contributed by atoms with Gasteiger partial charge in [0.15, 0.2) is 11.5 Å². The van der Waals surface area contributed by atoms with Gasteiger partial charge in [0.05, 0.1) is 11.8 Å². The Labute approximate surface area is 180 Å². The zero-order chi connectivity index (χ0) is 22.4. The summed E-state index contributed by atoms with van der Waals surface area (Å²) in [4.78, 5) is 28.8. The largest absolute Gasteiger partial charge is 0.487 e. The Kier molecular flexibility index (Phi) is 6.71. The maximum absolute atomic E-state index is 12.5. The highest BCUT2D eigenvalue weighted by atomic mass is 16.5. The number of aliphatic hydroxyl groups is 1. The lowest BCUT2D eigenvalue weighted by Gasteiger charge is -2.28. The van der Waals surface area contributed by atoms with Crippen molar-refractivity contribution in [2.75, 3.05) is 7.05 Å². The summed E-state index contributed by atoms with van der Waals surface area (Å²) in [6, 6.07) is 15.2. The van der Waals surface area contributed by atoms with Gasteiger partial charge in [-0.1, -0.05) is 30.3 Å². The maximum atomic E-state index is 12.5. The smallest absolute Gasteiger partial charge is 0.287 e. The second-order valence-corrected chi connectivity index (χ2v) is 7.49. The first-order valence-electron chi connectivity index (χ1n) is 9.76. The Morgan fingerprint density at radius 2 is 1.87 bits per heavy atom. The van der Waals surface area contributed by atoms with E-state index in [0.29, 0.717) is 23.8 Å². The van der Waals surface area contributed by atoms with Gasteiger partial charge in [-0.15, -0.1) is 0 Å². The summed E-state index contributed by atoms with van der Waals surface area (Å²) < 4.78 is 11.3. The molecule has 1 atom stereocenters. The lowest BCUT2D eigenvalue weighted by atomic mass is 9.98. The van der Waals surface area contributed by atoms with Crippen LogP contribution in [-0.2, 0) is 11.4 Å². The van der Waals surface area contributed by atoms with Gasteiger partial charge in [-0.05, 0) is 43.7 Å². The standard InChI is InChI=1S/C23H25N3O5/c1-23(2,29)20(22(28)24-3)26-21(27)19-12-11-18(31-19)17-10-9-16(13-25-17)30-14-15-7-5-4-6-8-15/h4-13,20,29H,14H2,1-3H3,(H,24,28)(H,26,27). The van der Waals surface area contributed by atoms with Crippen molar-refractivity contribution in [2.45, 2.75) is 32.1 Å². The highest BCUT2D eigenvalue weighted by Crippen LogP contribution is 2.23. The van der Waals surface area contributed by atoms with Crippen molar-refractivity contribution in [1.29, 1.82) is 0 Å². The van der Waals surface area contributed by atoms with Crippen LogP contribution in [0.3, 0.4) is 0 Å². The molecule has 2 aromatic heterocycles. The van der Waals surface area contributed by atoms with Crippen molar-refractivity contribution < 1.29 is 23.8 Å². The molecular formula is C23H25N3O5. The topological polar surface area (TPSA) is 114 Å². The molecule has 2 heterocycles. The van der Waals surface area contributed by atoms with Crippen LogP contribution in [-0.4, -0.2) is 40.6 Å². The zero-order valence-electron chi connectivity index (χ0n) is 17.6. The molecule has 1 aromatic carbocycles. The number of ether oxygens (including phenoxy) is 1. The normalized spacial score (nSPS) is 12.1. The second-order valence-electron chi connectivity index (χ2n) is 7.49. The van der Waals surface area contributed by atoms with Gasteiger partial charge in [0.2, 0.25) is 5.91 Å². The number of pyridine rings is 1. The van der Waals surface area contributed by atoms with E-state index in [9.17, 15) is 14.7 Å². The minimum atomic E-state index is -1.46. The fraction of sp³-hybridized carbons (Fsp3) is 0.261. The molecule has 0 aliphatic carbocycles. The summed E-state index contributed by atoms with van der Waals surface area (Å²) in [6.45, 7) is 3.30. The Morgan fingerprint density at radius 3 is 2.48 bits per heavy atom. The summed E-state index contributed by atoms with van der Waals surface area (Å²) >= 11 is 0. The molecule has 0 saturated heterocycles. The van der Waals surface area contributed by atoms with Crippen LogP contribution >= 0.6 is 0 Å². The number of likely N-dealkylation sites (N-methyl/N-ethyl adjacent to an activating group) is 1. The van der Waals surface area contributed by atoms with Crippen LogP contribution in [0.5, 0.6) is 5.75 Å². The average Bonchev–Trinajstić information content (AvgIpc) is 3.26. The van der Waals surface area contributed by atoms with Crippen molar-refractivity contribution >= 4 is 11.8 Å². The van der Waals surface area contributed by atoms with E-state index in [1.165, 1.54) is 27.0 Å². The van der Waals surface area contributed by atoms with Crippen molar-refractivity contribution in [2.24, 2.45) is 0 Å². The molecule has 2 amide bonds. The van der Waals surface area contributed by atoms with E-state index in [-0.39, 0.29) is 5.76 Å². The first-order chi connectivity index (χ1) is 14.8. The summed E-state index contributed by atoms with van der Waals surface area (Å²) in [6.07, 6.45) is 1.58. The minimum absolute atomic E-state index is 0.000595. The Bertz CT molecular complexity index is 1020. The SMILES string of the molecule is CNC(=O)C(NC(=O)c1ccc(-c2ccc(OCc3ccccc3)cn2)o1)C(C)(C)O. The zero-order valence-corrected chi connectivity index (χ0v) is 17.6. The lowest BCUT2D eigenvalue weighted by Crippen LogP contribution is -2.57. The van der Waals surface area contributed by atoms with Crippen LogP contribution in [0.15, 0.2) is 65.2 Å². The van der Waals surface area contributed by atoms with Gasteiger partial charge in [0.1, 0.15) is 24.1 Å².